The smallest absolute Gasteiger partial charge is 0.417 e. The molecule has 0 aliphatic rings. The van der Waals surface area contributed by atoms with E-state index in [1.165, 1.54) is 121 Å². The van der Waals surface area contributed by atoms with Crippen molar-refractivity contribution in [3.05, 3.63) is 131 Å². The molecule has 0 atom stereocenters. The summed E-state index contributed by atoms with van der Waals surface area (Å²) < 4.78 is 41.5. The molecule has 428 valence electrons. The van der Waals surface area contributed by atoms with Gasteiger partial charge in [-0.3, -0.25) is 15.4 Å². The number of rotatable bonds is 22. The predicted octanol–water partition coefficient (Wildman–Crippen LogP) is 11.7. The second-order valence-electron chi connectivity index (χ2n) is 17.7. The fourth-order valence-electron chi connectivity index (χ4n) is 6.92. The number of nitrogens with one attached hydrogen (secondary N) is 9. The number of anilines is 5. The maximum atomic E-state index is 12.3. The molecule has 79 heavy (non-hydrogen) atoms. The summed E-state index contributed by atoms with van der Waals surface area (Å²) in [5, 5.41) is 29.2. The van der Waals surface area contributed by atoms with Crippen LogP contribution in [0.3, 0.4) is 0 Å². The summed E-state index contributed by atoms with van der Waals surface area (Å²) in [5.41, 5.74) is 5.74. The van der Waals surface area contributed by atoms with Crippen molar-refractivity contribution in [1.29, 1.82) is 0 Å². The third-order valence-electron chi connectivity index (χ3n) is 11.3. The largest absolute Gasteiger partial charge is 0.481 e. The third-order valence-corrected chi connectivity index (χ3v) is 12.6. The summed E-state index contributed by atoms with van der Waals surface area (Å²) >= 11 is 0. The lowest BCUT2D eigenvalue weighted by Gasteiger charge is -2.12. The molecule has 9 amide bonds. The summed E-state index contributed by atoms with van der Waals surface area (Å²) in [6.45, 7) is 8.29. The molecule has 0 aliphatic heterocycles. The maximum Gasteiger partial charge on any atom is 0.417 e. The fraction of sp³-hybridized carbons (Fsp3) is 0.339. The predicted molar refractivity (Wildman–Crippen MR) is 307 cm³/mol. The first kappa shape index (κ1) is 64.4. The van der Waals surface area contributed by atoms with Crippen molar-refractivity contribution in [1.82, 2.24) is 20.7 Å². The van der Waals surface area contributed by atoms with Gasteiger partial charge in [-0.1, -0.05) is 107 Å². The van der Waals surface area contributed by atoms with E-state index in [-0.39, 0.29) is 30.6 Å². The molecule has 5 rings (SSSR count). The van der Waals surface area contributed by atoms with Gasteiger partial charge in [-0.05, 0) is 117 Å². The van der Waals surface area contributed by atoms with Gasteiger partial charge in [0.25, 0.3) is 10.0 Å². The molecule has 0 saturated heterocycles. The highest BCUT2D eigenvalue weighted by molar-refractivity contribution is 7.90. The molecule has 5 aromatic carbocycles. The van der Waals surface area contributed by atoms with Gasteiger partial charge in [0.15, 0.2) is 0 Å². The number of hydrogen-bond donors (Lipinski definition) is 10. The number of aryl methyl sites for hydroxylation is 3. The molecular weight excluding hydrogens is 1040 g/mol. The normalized spacial score (nSPS) is 10.3. The number of carboxylic acids is 1. The molecule has 22 nitrogen and oxygen atoms in total. The number of carbonyl (C=O) groups excluding carboxylic acids is 6. The van der Waals surface area contributed by atoms with Crippen molar-refractivity contribution >= 4 is 80.8 Å². The average Bonchev–Trinajstić information content (AvgIpc) is 3.41. The first-order chi connectivity index (χ1) is 37.7. The Morgan fingerprint density at radius 3 is 1.52 bits per heavy atom. The van der Waals surface area contributed by atoms with Crippen LogP contribution in [0.15, 0.2) is 114 Å². The van der Waals surface area contributed by atoms with E-state index in [2.05, 4.69) is 54.2 Å². The standard InChI is InChI=1S/C27H39N3O5S.C18H19N3O5.C11H15N3O3.H2/c1-3-4-5-6-7-8-9-10-11-12-21-28-27(32)35-24-17-15-23(16-18-24)29-26(31)30-36(33,34)25-19-13-22(2)14-20-25;1-11-3-6-13(20-17(24)19-2)10-15(11)21-18(25)26-14-7-4-12(5-8-14)9-16(22)23;1-7-4-5-8(13-11(16)17-3)6-9(7)14-10(15)12-2;/h13-20H,3-12,21H2,1-2H3,(H,28,32)(H2,29,30,31);3-8,10H,9H2,1-2H3,(H,21,25)(H,22,23)(H2,19,20,24);4-6H,1-3H3,(H,13,16)(H2,12,14,15);1H. The van der Waals surface area contributed by atoms with E-state index in [1.54, 1.807) is 67.6 Å². The number of ether oxygens (including phenoxy) is 3. The highest BCUT2D eigenvalue weighted by Gasteiger charge is 2.18. The molecule has 0 spiro atoms. The zero-order valence-electron chi connectivity index (χ0n) is 45.6. The average molecular weight is 1110 g/mol. The van der Waals surface area contributed by atoms with E-state index < -0.39 is 40.3 Å². The second-order valence-corrected chi connectivity index (χ2v) is 19.4. The number of hydrogen-bond acceptors (Lipinski definition) is 12. The van der Waals surface area contributed by atoms with E-state index in [4.69, 9.17) is 14.6 Å². The number of urea groups is 3. The van der Waals surface area contributed by atoms with Crippen LogP contribution in [-0.4, -0.2) is 83.6 Å². The fourth-order valence-corrected chi connectivity index (χ4v) is 7.82. The lowest BCUT2D eigenvalue weighted by Crippen LogP contribution is -2.34. The highest BCUT2D eigenvalue weighted by Crippen LogP contribution is 2.23. The summed E-state index contributed by atoms with van der Waals surface area (Å²) in [6, 6.07) is 27.1. The van der Waals surface area contributed by atoms with E-state index in [0.717, 1.165) is 29.5 Å². The molecule has 0 bridgehead atoms. The number of sulfonamides is 1. The van der Waals surface area contributed by atoms with E-state index in [9.17, 15) is 42.0 Å². The Hall–Kier alpha value is -8.86. The zero-order valence-corrected chi connectivity index (χ0v) is 46.4. The Kier molecular flexibility index (Phi) is 28.3. The monoisotopic (exact) mass is 1110 g/mol. The zero-order chi connectivity index (χ0) is 58.2. The SMILES string of the molecule is CCCCCCCCCCCCNC(=O)Oc1ccc(NC(=O)NS(=O)(=O)c2ccc(C)cc2)cc1.CNC(=O)Nc1cc(NC(=O)OC)ccc1C.CNC(=O)Nc1ccc(C)c(NC(=O)Oc2ccc(CC(=O)O)cc2)c1.[HH]. The van der Waals surface area contributed by atoms with Gasteiger partial charge in [0.05, 0.1) is 18.4 Å². The molecule has 10 N–H and O–H groups in total. The van der Waals surface area contributed by atoms with Gasteiger partial charge in [-0.25, -0.2) is 41.9 Å². The molecule has 0 saturated carbocycles. The Bertz CT molecular complexity index is 2890. The van der Waals surface area contributed by atoms with Crippen LogP contribution in [-0.2, 0) is 26.0 Å². The Morgan fingerprint density at radius 2 is 0.987 bits per heavy atom. The van der Waals surface area contributed by atoms with Crippen LogP contribution >= 0.6 is 0 Å². The number of aliphatic carboxylic acids is 1. The van der Waals surface area contributed by atoms with Crippen LogP contribution in [0, 0.1) is 20.8 Å². The third kappa shape index (κ3) is 26.2. The van der Waals surface area contributed by atoms with Crippen LogP contribution in [0.2, 0.25) is 0 Å². The van der Waals surface area contributed by atoms with Crippen molar-refractivity contribution < 1.29 is 62.7 Å². The first-order valence-corrected chi connectivity index (χ1v) is 27.0. The van der Waals surface area contributed by atoms with Gasteiger partial charge in [-0.2, -0.15) is 0 Å². The quantitative estimate of drug-likeness (QED) is 0.0289. The molecule has 0 aliphatic carbocycles. The lowest BCUT2D eigenvalue weighted by atomic mass is 10.1. The number of methoxy groups -OCH3 is 1. The van der Waals surface area contributed by atoms with Gasteiger partial charge in [0.1, 0.15) is 11.5 Å². The second kappa shape index (κ2) is 34.7. The summed E-state index contributed by atoms with van der Waals surface area (Å²) in [6.07, 6.45) is 10.4. The highest BCUT2D eigenvalue weighted by atomic mass is 32.2. The molecule has 0 aromatic heterocycles. The van der Waals surface area contributed by atoms with Crippen molar-refractivity contribution in [3.8, 4) is 11.5 Å². The van der Waals surface area contributed by atoms with Crippen molar-refractivity contribution in [2.45, 2.75) is 103 Å². The van der Waals surface area contributed by atoms with Gasteiger partial charge in [-0.15, -0.1) is 0 Å². The maximum absolute atomic E-state index is 12.3. The molecule has 23 heteroatoms. The van der Waals surface area contributed by atoms with Gasteiger partial charge < -0.3 is 51.2 Å². The molecule has 0 fully saturated rings. The van der Waals surface area contributed by atoms with Crippen LogP contribution in [0.4, 0.5) is 57.2 Å². The van der Waals surface area contributed by atoms with E-state index in [0.29, 0.717) is 46.3 Å². The topological polar surface area (TPSA) is 310 Å². The molecule has 5 aromatic rings. The van der Waals surface area contributed by atoms with Crippen molar-refractivity contribution in [2.24, 2.45) is 0 Å². The van der Waals surface area contributed by atoms with Crippen LogP contribution in [0.1, 0.15) is 94.8 Å². The number of benzene rings is 5. The lowest BCUT2D eigenvalue weighted by molar-refractivity contribution is -0.136. The first-order valence-electron chi connectivity index (χ1n) is 25.5. The van der Waals surface area contributed by atoms with Crippen LogP contribution < -0.4 is 56.7 Å². The minimum Gasteiger partial charge on any atom is -0.481 e. The summed E-state index contributed by atoms with van der Waals surface area (Å²) in [4.78, 5) is 80.4. The number of unbranched alkanes of at least 4 members (excludes halogenated alkanes) is 9. The molecule has 0 heterocycles. The summed E-state index contributed by atoms with van der Waals surface area (Å²) in [7, 11) is 0.333. The Morgan fingerprint density at radius 1 is 0.519 bits per heavy atom. The van der Waals surface area contributed by atoms with Crippen LogP contribution in [0.5, 0.6) is 11.5 Å². The van der Waals surface area contributed by atoms with Crippen LogP contribution in [0.25, 0.3) is 0 Å². The van der Waals surface area contributed by atoms with Gasteiger partial charge in [0.2, 0.25) is 0 Å². The van der Waals surface area contributed by atoms with Gasteiger partial charge >= 0.3 is 42.3 Å². The Labute approximate surface area is 463 Å². The summed E-state index contributed by atoms with van der Waals surface area (Å²) in [5.74, 6) is -0.333. The minimum absolute atomic E-state index is 0. The molecule has 0 unspecified atom stereocenters. The number of carboxylic acid groups (broad SMARTS) is 1. The molecular formula is C56H75N9O13S. The number of amides is 9. The molecule has 0 radical (unpaired) electrons. The van der Waals surface area contributed by atoms with E-state index >= 15 is 0 Å². The van der Waals surface area contributed by atoms with Crippen molar-refractivity contribution in [3.63, 3.8) is 0 Å². The number of carbonyl (C=O) groups is 7. The van der Waals surface area contributed by atoms with Crippen molar-refractivity contribution in [2.75, 3.05) is 54.3 Å². The Balaban J connectivity index is 0.000000435. The van der Waals surface area contributed by atoms with Gasteiger partial charge in [0, 0.05) is 50.5 Å². The van der Waals surface area contributed by atoms with E-state index in [1.807, 2.05) is 18.6 Å². The minimum atomic E-state index is -3.98.